The number of piperidine rings is 1. The number of rotatable bonds is 5. The number of aliphatic hydroxyl groups excluding tert-OH is 1. The van der Waals surface area contributed by atoms with Crippen LogP contribution in [0.25, 0.3) is 0 Å². The van der Waals surface area contributed by atoms with Crippen LogP contribution in [0.3, 0.4) is 0 Å². The number of methoxy groups -OCH3 is 1. The lowest BCUT2D eigenvalue weighted by Crippen LogP contribution is -2.41. The van der Waals surface area contributed by atoms with E-state index < -0.39 is 0 Å². The van der Waals surface area contributed by atoms with E-state index in [0.29, 0.717) is 10.7 Å². The van der Waals surface area contributed by atoms with E-state index >= 15 is 0 Å². The molecule has 1 fully saturated rings. The zero-order chi connectivity index (χ0) is 14.5. The molecule has 0 bridgehead atoms. The van der Waals surface area contributed by atoms with Crippen molar-refractivity contribution in [3.8, 4) is 5.75 Å². The highest BCUT2D eigenvalue weighted by Crippen LogP contribution is 2.23. The summed E-state index contributed by atoms with van der Waals surface area (Å²) >= 11 is 5.07. The van der Waals surface area contributed by atoms with Gasteiger partial charge in [0.05, 0.1) is 19.3 Å². The molecule has 4 nitrogen and oxygen atoms in total. The maximum atomic E-state index is 9.46. The number of hydrogen-bond acceptors (Lipinski definition) is 4. The van der Waals surface area contributed by atoms with Crippen LogP contribution in [0.15, 0.2) is 18.2 Å². The predicted molar refractivity (Wildman–Crippen MR) is 84.0 cm³/mol. The van der Waals surface area contributed by atoms with Crippen LogP contribution in [-0.4, -0.2) is 41.3 Å². The van der Waals surface area contributed by atoms with Crippen molar-refractivity contribution in [3.63, 3.8) is 0 Å². The Kier molecular flexibility index (Phi) is 5.34. The molecule has 110 valence electrons. The average molecular weight is 294 g/mol. The average Bonchev–Trinajstić information content (AvgIpc) is 2.47. The molecule has 1 aliphatic rings. The molecule has 1 aromatic rings. The van der Waals surface area contributed by atoms with E-state index in [-0.39, 0.29) is 12.6 Å². The summed E-state index contributed by atoms with van der Waals surface area (Å²) in [5, 5.41) is 9.46. The van der Waals surface area contributed by atoms with Gasteiger partial charge in [0.15, 0.2) is 0 Å². The highest BCUT2D eigenvalue weighted by Gasteiger charge is 2.21. The van der Waals surface area contributed by atoms with Gasteiger partial charge >= 0.3 is 0 Å². The Bertz CT molecular complexity index is 479. The highest BCUT2D eigenvalue weighted by molar-refractivity contribution is 7.80. The number of hydrogen-bond donors (Lipinski definition) is 2. The second kappa shape index (κ2) is 7.02. The summed E-state index contributed by atoms with van der Waals surface area (Å²) in [6, 6.07) is 6.19. The van der Waals surface area contributed by atoms with Crippen molar-refractivity contribution in [2.45, 2.75) is 31.8 Å². The second-order valence-electron chi connectivity index (χ2n) is 5.20. The van der Waals surface area contributed by atoms with Gasteiger partial charge in [0.2, 0.25) is 0 Å². The third-order valence-electron chi connectivity index (χ3n) is 3.87. The lowest BCUT2D eigenvalue weighted by atomic mass is 10.0. The van der Waals surface area contributed by atoms with Gasteiger partial charge in [-0.15, -0.1) is 0 Å². The van der Waals surface area contributed by atoms with E-state index in [0.717, 1.165) is 30.6 Å². The molecule has 1 saturated heterocycles. The van der Waals surface area contributed by atoms with E-state index in [9.17, 15) is 5.11 Å². The van der Waals surface area contributed by atoms with Gasteiger partial charge in [-0.3, -0.25) is 4.90 Å². The molecule has 1 atom stereocenters. The Morgan fingerprint density at radius 2 is 2.30 bits per heavy atom. The third-order valence-corrected chi connectivity index (χ3v) is 4.09. The van der Waals surface area contributed by atoms with Gasteiger partial charge in [0.1, 0.15) is 10.7 Å². The first-order valence-electron chi connectivity index (χ1n) is 6.97. The molecular weight excluding hydrogens is 272 g/mol. The van der Waals surface area contributed by atoms with Crippen LogP contribution in [-0.2, 0) is 6.54 Å². The summed E-state index contributed by atoms with van der Waals surface area (Å²) in [4.78, 5) is 2.68. The number of benzene rings is 1. The Labute approximate surface area is 125 Å². The lowest BCUT2D eigenvalue weighted by Gasteiger charge is -2.34. The zero-order valence-electron chi connectivity index (χ0n) is 11.8. The molecule has 1 aromatic carbocycles. The SMILES string of the molecule is COc1ccc(CN2CCCCC2CO)cc1C(N)=S. The minimum absolute atomic E-state index is 0.221. The van der Waals surface area contributed by atoms with Gasteiger partial charge in [-0.25, -0.2) is 0 Å². The number of ether oxygens (including phenoxy) is 1. The molecule has 0 aliphatic carbocycles. The summed E-state index contributed by atoms with van der Waals surface area (Å²) in [6.07, 6.45) is 3.45. The smallest absolute Gasteiger partial charge is 0.129 e. The number of nitrogens with zero attached hydrogens (tertiary/aromatic N) is 1. The Morgan fingerprint density at radius 1 is 1.50 bits per heavy atom. The standard InChI is InChI=1S/C15H22N2O2S/c1-19-14-6-5-11(8-13(14)15(16)20)9-17-7-3-2-4-12(17)10-18/h5-6,8,12,18H,2-4,7,9-10H2,1H3,(H2,16,20). The minimum atomic E-state index is 0.221. The van der Waals surface area contributed by atoms with E-state index in [1.807, 2.05) is 18.2 Å². The minimum Gasteiger partial charge on any atom is -0.496 e. The second-order valence-corrected chi connectivity index (χ2v) is 5.64. The summed E-state index contributed by atoms with van der Waals surface area (Å²) in [7, 11) is 1.61. The van der Waals surface area contributed by atoms with Gasteiger partial charge in [0, 0.05) is 12.6 Å². The molecule has 0 spiro atoms. The molecule has 3 N–H and O–H groups in total. The number of aliphatic hydroxyl groups is 1. The first kappa shape index (κ1) is 15.2. The third kappa shape index (κ3) is 3.48. The van der Waals surface area contributed by atoms with Crippen LogP contribution >= 0.6 is 12.2 Å². The molecule has 1 aliphatic heterocycles. The normalized spacial score (nSPS) is 19.8. The predicted octanol–water partition coefficient (Wildman–Crippen LogP) is 1.68. The fourth-order valence-electron chi connectivity index (χ4n) is 2.76. The van der Waals surface area contributed by atoms with Gasteiger partial charge < -0.3 is 15.6 Å². The van der Waals surface area contributed by atoms with Crippen LogP contribution < -0.4 is 10.5 Å². The zero-order valence-corrected chi connectivity index (χ0v) is 12.7. The summed E-state index contributed by atoms with van der Waals surface area (Å²) in [6.45, 7) is 2.06. The monoisotopic (exact) mass is 294 g/mol. The quantitative estimate of drug-likeness (QED) is 0.809. The first-order valence-corrected chi connectivity index (χ1v) is 7.38. The molecule has 1 heterocycles. The maximum absolute atomic E-state index is 9.46. The first-order chi connectivity index (χ1) is 9.65. The summed E-state index contributed by atoms with van der Waals surface area (Å²) in [5.41, 5.74) is 7.67. The van der Waals surface area contributed by atoms with Crippen molar-refractivity contribution in [2.75, 3.05) is 20.3 Å². The number of nitrogens with two attached hydrogens (primary N) is 1. The van der Waals surface area contributed by atoms with E-state index in [4.69, 9.17) is 22.7 Å². The van der Waals surface area contributed by atoms with Crippen molar-refractivity contribution in [1.82, 2.24) is 4.90 Å². The van der Waals surface area contributed by atoms with Gasteiger partial charge in [-0.2, -0.15) is 0 Å². The molecule has 20 heavy (non-hydrogen) atoms. The van der Waals surface area contributed by atoms with Gasteiger partial charge in [-0.1, -0.05) is 24.7 Å². The van der Waals surface area contributed by atoms with Crippen LogP contribution in [0, 0.1) is 0 Å². The molecule has 0 radical (unpaired) electrons. The molecule has 2 rings (SSSR count). The van der Waals surface area contributed by atoms with E-state index in [1.165, 1.54) is 12.8 Å². The van der Waals surface area contributed by atoms with Crippen molar-refractivity contribution >= 4 is 17.2 Å². The summed E-state index contributed by atoms with van der Waals surface area (Å²) < 4.78 is 5.27. The van der Waals surface area contributed by atoms with Crippen molar-refractivity contribution < 1.29 is 9.84 Å². The van der Waals surface area contributed by atoms with Crippen molar-refractivity contribution in [3.05, 3.63) is 29.3 Å². The number of likely N-dealkylation sites (tertiary alicyclic amines) is 1. The topological polar surface area (TPSA) is 58.7 Å². The van der Waals surface area contributed by atoms with Crippen LogP contribution in [0.4, 0.5) is 0 Å². The van der Waals surface area contributed by atoms with E-state index in [2.05, 4.69) is 4.90 Å². The molecule has 0 aromatic heterocycles. The molecule has 5 heteroatoms. The van der Waals surface area contributed by atoms with E-state index in [1.54, 1.807) is 7.11 Å². The largest absolute Gasteiger partial charge is 0.496 e. The fraction of sp³-hybridized carbons (Fsp3) is 0.533. The Balaban J connectivity index is 2.16. The van der Waals surface area contributed by atoms with Crippen LogP contribution in [0.2, 0.25) is 0 Å². The summed E-state index contributed by atoms with van der Waals surface area (Å²) in [5.74, 6) is 0.707. The highest BCUT2D eigenvalue weighted by atomic mass is 32.1. The lowest BCUT2D eigenvalue weighted by molar-refractivity contribution is 0.0841. The molecule has 0 saturated carbocycles. The van der Waals surface area contributed by atoms with Gasteiger partial charge in [0.25, 0.3) is 0 Å². The van der Waals surface area contributed by atoms with Crippen molar-refractivity contribution in [1.29, 1.82) is 0 Å². The number of thiocarbonyl (C=S) groups is 1. The molecule has 1 unspecified atom stereocenters. The van der Waals surface area contributed by atoms with Gasteiger partial charge in [-0.05, 0) is 37.1 Å². The van der Waals surface area contributed by atoms with Crippen LogP contribution in [0.1, 0.15) is 30.4 Å². The van der Waals surface area contributed by atoms with Crippen molar-refractivity contribution in [2.24, 2.45) is 5.73 Å². The molecule has 0 amide bonds. The Morgan fingerprint density at radius 3 is 2.95 bits per heavy atom. The van der Waals surface area contributed by atoms with Crippen LogP contribution in [0.5, 0.6) is 5.75 Å². The molecular formula is C15H22N2O2S. The Hall–Kier alpha value is -1.17. The fourth-order valence-corrected chi connectivity index (χ4v) is 2.91. The maximum Gasteiger partial charge on any atom is 0.129 e.